The van der Waals surface area contributed by atoms with Gasteiger partial charge in [-0.15, -0.1) is 0 Å². The molecule has 1 nitrogen and oxygen atoms in total. The number of hydrogen-bond donors (Lipinski definition) is 0. The molecule has 1 unspecified atom stereocenters. The highest BCUT2D eigenvalue weighted by Crippen LogP contribution is 2.29. The van der Waals surface area contributed by atoms with Gasteiger partial charge in [0.1, 0.15) is 5.78 Å². The summed E-state index contributed by atoms with van der Waals surface area (Å²) in [5.41, 5.74) is -0.217. The Bertz CT molecular complexity index is 225. The van der Waals surface area contributed by atoms with Crippen LogP contribution >= 0.6 is 0 Å². The summed E-state index contributed by atoms with van der Waals surface area (Å²) >= 11 is 0. The van der Waals surface area contributed by atoms with Crippen molar-refractivity contribution in [2.45, 2.75) is 33.1 Å². The molecule has 0 fully saturated rings. The molecular formula is C11H16O. The van der Waals surface area contributed by atoms with E-state index in [-0.39, 0.29) is 5.41 Å². The fourth-order valence-electron chi connectivity index (χ4n) is 1.45. The molecule has 0 N–H and O–H groups in total. The van der Waals surface area contributed by atoms with Crippen molar-refractivity contribution >= 4 is 5.78 Å². The fraction of sp³-hybridized carbons (Fsp3) is 0.545. The Hall–Kier alpha value is -0.850. The molecule has 66 valence electrons. The van der Waals surface area contributed by atoms with Crippen LogP contribution in [0.2, 0.25) is 0 Å². The summed E-state index contributed by atoms with van der Waals surface area (Å²) in [4.78, 5) is 11.6. The van der Waals surface area contributed by atoms with Crippen molar-refractivity contribution in [3.8, 4) is 0 Å². The normalized spacial score (nSPS) is 27.5. The van der Waals surface area contributed by atoms with E-state index in [1.165, 1.54) is 0 Å². The third-order valence-corrected chi connectivity index (χ3v) is 2.37. The quantitative estimate of drug-likeness (QED) is 0.626. The summed E-state index contributed by atoms with van der Waals surface area (Å²) in [6.07, 6.45) is 10.6. The van der Waals surface area contributed by atoms with Gasteiger partial charge in [-0.1, -0.05) is 31.2 Å². The van der Waals surface area contributed by atoms with Crippen LogP contribution in [-0.4, -0.2) is 5.78 Å². The number of allylic oxidation sites excluding steroid dienone is 4. The molecule has 0 amide bonds. The summed E-state index contributed by atoms with van der Waals surface area (Å²) < 4.78 is 0. The van der Waals surface area contributed by atoms with Gasteiger partial charge in [0.15, 0.2) is 0 Å². The second-order valence-corrected chi connectivity index (χ2v) is 3.58. The molecule has 0 radical (unpaired) electrons. The van der Waals surface area contributed by atoms with Gasteiger partial charge in [0.2, 0.25) is 0 Å². The van der Waals surface area contributed by atoms with E-state index in [9.17, 15) is 4.79 Å². The highest BCUT2D eigenvalue weighted by Gasteiger charge is 2.28. The van der Waals surface area contributed by atoms with Crippen LogP contribution in [0.5, 0.6) is 0 Å². The number of carbonyl (C=O) groups excluding carboxylic acids is 1. The fourth-order valence-corrected chi connectivity index (χ4v) is 1.45. The minimum atomic E-state index is -0.217. The van der Waals surface area contributed by atoms with Crippen LogP contribution in [0, 0.1) is 5.41 Å². The molecule has 0 aliphatic heterocycles. The third-order valence-electron chi connectivity index (χ3n) is 2.37. The zero-order chi connectivity index (χ0) is 9.03. The maximum Gasteiger partial charge on any atom is 0.142 e. The molecule has 1 aliphatic carbocycles. The minimum absolute atomic E-state index is 0.217. The van der Waals surface area contributed by atoms with Crippen LogP contribution in [0.15, 0.2) is 24.3 Å². The van der Waals surface area contributed by atoms with Gasteiger partial charge in [0, 0.05) is 11.8 Å². The molecule has 12 heavy (non-hydrogen) atoms. The highest BCUT2D eigenvalue weighted by atomic mass is 16.1. The summed E-state index contributed by atoms with van der Waals surface area (Å²) in [6.45, 7) is 4.06. The van der Waals surface area contributed by atoms with Crippen LogP contribution in [0.3, 0.4) is 0 Å². The van der Waals surface area contributed by atoms with Crippen molar-refractivity contribution in [1.82, 2.24) is 0 Å². The molecule has 1 aliphatic rings. The molecule has 0 bridgehead atoms. The SMILES string of the molecule is CCCC(=O)C1(C)C=CC=CC1. The van der Waals surface area contributed by atoms with Gasteiger partial charge in [-0.05, 0) is 19.8 Å². The summed E-state index contributed by atoms with van der Waals surface area (Å²) in [6, 6.07) is 0. The summed E-state index contributed by atoms with van der Waals surface area (Å²) in [5.74, 6) is 0.366. The largest absolute Gasteiger partial charge is 0.299 e. The monoisotopic (exact) mass is 164 g/mol. The Morgan fingerprint density at radius 2 is 2.25 bits per heavy atom. The molecule has 0 spiro atoms. The average Bonchev–Trinajstić information content (AvgIpc) is 2.06. The predicted octanol–water partition coefficient (Wildman–Crippen LogP) is 2.88. The maximum atomic E-state index is 11.6. The lowest BCUT2D eigenvalue weighted by Crippen LogP contribution is -2.25. The first-order valence-corrected chi connectivity index (χ1v) is 4.57. The van der Waals surface area contributed by atoms with E-state index in [4.69, 9.17) is 0 Å². The number of Topliss-reactive ketones (excluding diaryl/α,β-unsaturated/α-hetero) is 1. The molecule has 1 atom stereocenters. The van der Waals surface area contributed by atoms with Crippen LogP contribution in [0.25, 0.3) is 0 Å². The van der Waals surface area contributed by atoms with E-state index in [0.29, 0.717) is 12.2 Å². The first-order chi connectivity index (χ1) is 5.69. The van der Waals surface area contributed by atoms with Crippen molar-refractivity contribution in [2.24, 2.45) is 5.41 Å². The van der Waals surface area contributed by atoms with E-state index in [1.54, 1.807) is 0 Å². The van der Waals surface area contributed by atoms with Crippen molar-refractivity contribution in [1.29, 1.82) is 0 Å². The molecule has 0 heterocycles. The Labute approximate surface area is 74.2 Å². The van der Waals surface area contributed by atoms with Crippen molar-refractivity contribution in [3.63, 3.8) is 0 Å². The van der Waals surface area contributed by atoms with E-state index < -0.39 is 0 Å². The van der Waals surface area contributed by atoms with Gasteiger partial charge in [0.25, 0.3) is 0 Å². The first-order valence-electron chi connectivity index (χ1n) is 4.57. The summed E-state index contributed by atoms with van der Waals surface area (Å²) in [7, 11) is 0. The Balaban J connectivity index is 2.65. The minimum Gasteiger partial charge on any atom is -0.299 e. The number of rotatable bonds is 3. The molecule has 0 aromatic rings. The van der Waals surface area contributed by atoms with E-state index >= 15 is 0 Å². The smallest absolute Gasteiger partial charge is 0.142 e. The topological polar surface area (TPSA) is 17.1 Å². The zero-order valence-electron chi connectivity index (χ0n) is 7.84. The second kappa shape index (κ2) is 3.70. The van der Waals surface area contributed by atoms with Gasteiger partial charge >= 0.3 is 0 Å². The van der Waals surface area contributed by atoms with Crippen molar-refractivity contribution < 1.29 is 4.79 Å². The number of carbonyl (C=O) groups is 1. The molecule has 0 aromatic carbocycles. The van der Waals surface area contributed by atoms with Crippen LogP contribution in [-0.2, 0) is 4.79 Å². The Morgan fingerprint density at radius 1 is 1.50 bits per heavy atom. The molecule has 0 saturated heterocycles. The molecular weight excluding hydrogens is 148 g/mol. The van der Waals surface area contributed by atoms with E-state index in [2.05, 4.69) is 6.08 Å². The Morgan fingerprint density at radius 3 is 2.75 bits per heavy atom. The van der Waals surface area contributed by atoms with Gasteiger partial charge < -0.3 is 0 Å². The first kappa shape index (κ1) is 9.24. The zero-order valence-corrected chi connectivity index (χ0v) is 7.84. The Kier molecular flexibility index (Phi) is 2.85. The molecule has 0 aromatic heterocycles. The lowest BCUT2D eigenvalue weighted by molar-refractivity contribution is -0.125. The van der Waals surface area contributed by atoms with Crippen LogP contribution in [0.1, 0.15) is 33.1 Å². The lowest BCUT2D eigenvalue weighted by atomic mass is 9.78. The third kappa shape index (κ3) is 1.84. The van der Waals surface area contributed by atoms with E-state index in [0.717, 1.165) is 12.8 Å². The number of ketones is 1. The molecule has 1 rings (SSSR count). The molecule has 0 saturated carbocycles. The van der Waals surface area contributed by atoms with Gasteiger partial charge in [0.05, 0.1) is 0 Å². The second-order valence-electron chi connectivity index (χ2n) is 3.58. The summed E-state index contributed by atoms with van der Waals surface area (Å²) in [5, 5.41) is 0. The molecule has 1 heteroatoms. The highest BCUT2D eigenvalue weighted by molar-refractivity contribution is 5.86. The van der Waals surface area contributed by atoms with Crippen LogP contribution < -0.4 is 0 Å². The van der Waals surface area contributed by atoms with Gasteiger partial charge in [-0.25, -0.2) is 0 Å². The van der Waals surface area contributed by atoms with Gasteiger partial charge in [-0.3, -0.25) is 4.79 Å². The van der Waals surface area contributed by atoms with Crippen molar-refractivity contribution in [2.75, 3.05) is 0 Å². The lowest BCUT2D eigenvalue weighted by Gasteiger charge is -2.24. The van der Waals surface area contributed by atoms with Crippen LogP contribution in [0.4, 0.5) is 0 Å². The number of hydrogen-bond acceptors (Lipinski definition) is 1. The maximum absolute atomic E-state index is 11.6. The predicted molar refractivity (Wildman–Crippen MR) is 50.9 cm³/mol. The van der Waals surface area contributed by atoms with E-state index in [1.807, 2.05) is 32.1 Å². The average molecular weight is 164 g/mol. The van der Waals surface area contributed by atoms with Crippen molar-refractivity contribution in [3.05, 3.63) is 24.3 Å². The van der Waals surface area contributed by atoms with Gasteiger partial charge in [-0.2, -0.15) is 0 Å². The standard InChI is InChI=1S/C11H16O/c1-3-7-10(12)11(2)8-5-4-6-9-11/h4-6,8H,3,7,9H2,1-2H3.